The van der Waals surface area contributed by atoms with E-state index in [0.717, 1.165) is 12.1 Å². The molecule has 1 fully saturated rings. The molecular weight excluding hydrogens is 309 g/mol. The third-order valence-corrected chi connectivity index (χ3v) is 5.15. The van der Waals surface area contributed by atoms with Crippen molar-refractivity contribution in [2.24, 2.45) is 0 Å². The van der Waals surface area contributed by atoms with E-state index in [2.05, 4.69) is 10.1 Å². The molecule has 1 heterocycles. The van der Waals surface area contributed by atoms with E-state index in [9.17, 15) is 21.6 Å². The molecule has 118 valence electrons. The van der Waals surface area contributed by atoms with Crippen LogP contribution in [0.2, 0.25) is 0 Å². The quantitative estimate of drug-likeness (QED) is 0.917. The van der Waals surface area contributed by atoms with Crippen molar-refractivity contribution in [2.75, 3.05) is 19.6 Å². The van der Waals surface area contributed by atoms with Gasteiger partial charge in [-0.25, -0.2) is 8.42 Å². The van der Waals surface area contributed by atoms with Crippen molar-refractivity contribution in [1.29, 1.82) is 0 Å². The number of halogens is 3. The molecular formula is C12H15F3N2O3S. The van der Waals surface area contributed by atoms with Crippen molar-refractivity contribution < 1.29 is 26.3 Å². The van der Waals surface area contributed by atoms with Crippen molar-refractivity contribution in [3.63, 3.8) is 0 Å². The number of para-hydroxylation sites is 1. The molecule has 0 radical (unpaired) electrons. The minimum Gasteiger partial charge on any atom is -0.404 e. The lowest BCUT2D eigenvalue weighted by Gasteiger charge is -2.33. The Morgan fingerprint density at radius 3 is 2.62 bits per heavy atom. The van der Waals surface area contributed by atoms with E-state index >= 15 is 0 Å². The molecule has 0 bridgehead atoms. The van der Waals surface area contributed by atoms with E-state index in [-0.39, 0.29) is 12.6 Å². The Balaban J connectivity index is 2.40. The van der Waals surface area contributed by atoms with Gasteiger partial charge in [0.25, 0.3) is 0 Å². The maximum atomic E-state index is 12.6. The van der Waals surface area contributed by atoms with Gasteiger partial charge in [0.15, 0.2) is 0 Å². The van der Waals surface area contributed by atoms with Crippen LogP contribution in [0.25, 0.3) is 0 Å². The fourth-order valence-electron chi connectivity index (χ4n) is 2.18. The first kappa shape index (κ1) is 16.1. The molecule has 1 saturated heterocycles. The van der Waals surface area contributed by atoms with Gasteiger partial charge in [-0.1, -0.05) is 12.1 Å². The van der Waals surface area contributed by atoms with Crippen LogP contribution in [0.4, 0.5) is 13.2 Å². The van der Waals surface area contributed by atoms with Gasteiger partial charge in [0, 0.05) is 25.7 Å². The number of rotatable bonds is 3. The van der Waals surface area contributed by atoms with E-state index in [1.165, 1.54) is 16.4 Å². The normalized spacial score (nSPS) is 21.2. The fraction of sp³-hybridized carbons (Fsp3) is 0.500. The molecule has 5 nitrogen and oxygen atoms in total. The van der Waals surface area contributed by atoms with Crippen molar-refractivity contribution in [3.05, 3.63) is 24.3 Å². The molecule has 1 aromatic carbocycles. The summed E-state index contributed by atoms with van der Waals surface area (Å²) in [7, 11) is -4.05. The molecule has 1 aromatic rings. The standard InChI is InChI=1S/C12H15F3N2O3S/c1-9-8-16-6-7-17(9)21(18,19)11-5-3-2-4-10(11)20-12(13,14)15/h2-5,9,16H,6-8H2,1H3/t9-/m1/s1. The lowest BCUT2D eigenvalue weighted by molar-refractivity contribution is -0.275. The highest BCUT2D eigenvalue weighted by Crippen LogP contribution is 2.32. The first-order chi connectivity index (χ1) is 9.72. The Labute approximate surface area is 120 Å². The van der Waals surface area contributed by atoms with Gasteiger partial charge in [0.2, 0.25) is 10.0 Å². The van der Waals surface area contributed by atoms with Gasteiger partial charge in [-0.15, -0.1) is 13.2 Å². The highest BCUT2D eigenvalue weighted by molar-refractivity contribution is 7.89. The molecule has 1 atom stereocenters. The van der Waals surface area contributed by atoms with E-state index in [1.807, 2.05) is 0 Å². The summed E-state index contributed by atoms with van der Waals surface area (Å²) in [4.78, 5) is -0.476. The number of hydrogen-bond donors (Lipinski definition) is 1. The van der Waals surface area contributed by atoms with Crippen LogP contribution < -0.4 is 10.1 Å². The van der Waals surface area contributed by atoms with Crippen LogP contribution in [0.15, 0.2) is 29.2 Å². The van der Waals surface area contributed by atoms with E-state index in [0.29, 0.717) is 13.1 Å². The number of sulfonamides is 1. The second-order valence-corrected chi connectivity index (χ2v) is 6.52. The zero-order valence-electron chi connectivity index (χ0n) is 11.2. The minimum absolute atomic E-state index is 0.198. The number of piperazine rings is 1. The second kappa shape index (κ2) is 5.82. The van der Waals surface area contributed by atoms with Crippen LogP contribution >= 0.6 is 0 Å². The van der Waals surface area contributed by atoms with Crippen molar-refractivity contribution in [1.82, 2.24) is 9.62 Å². The van der Waals surface area contributed by atoms with Crippen molar-refractivity contribution in [2.45, 2.75) is 24.2 Å². The Morgan fingerprint density at radius 2 is 2.00 bits per heavy atom. The van der Waals surface area contributed by atoms with Crippen LogP contribution in [0.3, 0.4) is 0 Å². The number of nitrogens with zero attached hydrogens (tertiary/aromatic N) is 1. The summed E-state index contributed by atoms with van der Waals surface area (Å²) in [6.45, 7) is 2.79. The lowest BCUT2D eigenvalue weighted by Crippen LogP contribution is -2.52. The number of hydrogen-bond acceptors (Lipinski definition) is 4. The third kappa shape index (κ3) is 3.66. The molecule has 2 rings (SSSR count). The predicted octanol–water partition coefficient (Wildman–Crippen LogP) is 1.57. The average Bonchev–Trinajstić information content (AvgIpc) is 2.37. The Hall–Kier alpha value is -1.32. The lowest BCUT2D eigenvalue weighted by atomic mass is 10.3. The van der Waals surface area contributed by atoms with Gasteiger partial charge in [0.1, 0.15) is 10.6 Å². The van der Waals surface area contributed by atoms with Crippen LogP contribution in [-0.2, 0) is 10.0 Å². The van der Waals surface area contributed by atoms with Gasteiger partial charge in [0.05, 0.1) is 0 Å². The van der Waals surface area contributed by atoms with E-state index in [4.69, 9.17) is 0 Å². The Kier molecular flexibility index (Phi) is 4.45. The van der Waals surface area contributed by atoms with Crippen LogP contribution in [0.5, 0.6) is 5.75 Å². The summed E-state index contributed by atoms with van der Waals surface area (Å²) < 4.78 is 67.3. The highest BCUT2D eigenvalue weighted by atomic mass is 32.2. The first-order valence-electron chi connectivity index (χ1n) is 6.29. The molecule has 0 aliphatic carbocycles. The molecule has 1 N–H and O–H groups in total. The predicted molar refractivity (Wildman–Crippen MR) is 69.3 cm³/mol. The molecule has 0 aromatic heterocycles. The zero-order valence-corrected chi connectivity index (χ0v) is 12.0. The second-order valence-electron chi connectivity index (χ2n) is 4.66. The molecule has 21 heavy (non-hydrogen) atoms. The molecule has 9 heteroatoms. The van der Waals surface area contributed by atoms with Crippen LogP contribution in [0, 0.1) is 0 Å². The smallest absolute Gasteiger partial charge is 0.404 e. The minimum atomic E-state index is -4.94. The number of nitrogens with one attached hydrogen (secondary N) is 1. The van der Waals surface area contributed by atoms with Gasteiger partial charge >= 0.3 is 6.36 Å². The maximum absolute atomic E-state index is 12.6. The fourth-order valence-corrected chi connectivity index (χ4v) is 3.93. The van der Waals surface area contributed by atoms with Gasteiger partial charge in [-0.3, -0.25) is 0 Å². The van der Waals surface area contributed by atoms with Crippen LogP contribution in [-0.4, -0.2) is 44.8 Å². The number of alkyl halides is 3. The highest BCUT2D eigenvalue weighted by Gasteiger charge is 2.37. The summed E-state index contributed by atoms with van der Waals surface area (Å²) in [5, 5.41) is 3.02. The zero-order chi connectivity index (χ0) is 15.7. The van der Waals surface area contributed by atoms with Gasteiger partial charge < -0.3 is 10.1 Å². The summed E-state index contributed by atoms with van der Waals surface area (Å²) in [6.07, 6.45) is -4.94. The van der Waals surface area contributed by atoms with Crippen molar-refractivity contribution >= 4 is 10.0 Å². The van der Waals surface area contributed by atoms with E-state index < -0.39 is 27.0 Å². The van der Waals surface area contributed by atoms with Crippen LogP contribution in [0.1, 0.15) is 6.92 Å². The first-order valence-corrected chi connectivity index (χ1v) is 7.73. The van der Waals surface area contributed by atoms with Gasteiger partial charge in [-0.2, -0.15) is 4.31 Å². The van der Waals surface area contributed by atoms with Crippen molar-refractivity contribution in [3.8, 4) is 5.75 Å². The molecule has 1 aliphatic heterocycles. The summed E-state index contributed by atoms with van der Waals surface area (Å²) in [6, 6.07) is 4.42. The largest absolute Gasteiger partial charge is 0.573 e. The molecule has 0 amide bonds. The topological polar surface area (TPSA) is 58.6 Å². The summed E-state index contributed by atoms with van der Waals surface area (Å²) in [5.41, 5.74) is 0. The molecule has 0 unspecified atom stereocenters. The molecule has 0 spiro atoms. The average molecular weight is 324 g/mol. The number of benzene rings is 1. The summed E-state index contributed by atoms with van der Waals surface area (Å²) >= 11 is 0. The number of ether oxygens (including phenoxy) is 1. The van der Waals surface area contributed by atoms with Gasteiger partial charge in [-0.05, 0) is 19.1 Å². The monoisotopic (exact) mass is 324 g/mol. The Morgan fingerprint density at radius 1 is 1.33 bits per heavy atom. The summed E-state index contributed by atoms with van der Waals surface area (Å²) in [5.74, 6) is -0.712. The maximum Gasteiger partial charge on any atom is 0.573 e. The third-order valence-electron chi connectivity index (χ3n) is 3.10. The molecule has 1 aliphatic rings. The van der Waals surface area contributed by atoms with E-state index in [1.54, 1.807) is 6.92 Å². The SMILES string of the molecule is C[C@@H]1CNCCN1S(=O)(=O)c1ccccc1OC(F)(F)F. The Bertz CT molecular complexity index is 604. The molecule has 0 saturated carbocycles.